The van der Waals surface area contributed by atoms with Crippen LogP contribution in [0.2, 0.25) is 0 Å². The van der Waals surface area contributed by atoms with Gasteiger partial charge in [-0.25, -0.2) is 4.98 Å². The van der Waals surface area contributed by atoms with Crippen molar-refractivity contribution < 1.29 is 0 Å². The Morgan fingerprint density at radius 2 is 1.70 bits per heavy atom. The Morgan fingerprint density at radius 1 is 0.900 bits per heavy atom. The maximum Gasteiger partial charge on any atom is 0.262 e. The summed E-state index contributed by atoms with van der Waals surface area (Å²) in [4.78, 5) is 24.8. The third-order valence-corrected chi connectivity index (χ3v) is 5.31. The summed E-state index contributed by atoms with van der Waals surface area (Å²) in [5.41, 5.74) is 4.12. The third-order valence-electron chi connectivity index (χ3n) is 5.31. The summed E-state index contributed by atoms with van der Waals surface area (Å²) in [5, 5.41) is 5.87. The average Bonchev–Trinajstić information content (AvgIpc) is 2.79. The summed E-state index contributed by atoms with van der Waals surface area (Å²) in [5.74, 6) is 0.374. The summed E-state index contributed by atoms with van der Waals surface area (Å²) >= 11 is 0. The van der Waals surface area contributed by atoms with Gasteiger partial charge in [-0.3, -0.25) is 9.78 Å². The molecular formula is C25H20N4O. The van der Waals surface area contributed by atoms with Gasteiger partial charge in [-0.1, -0.05) is 61.5 Å². The van der Waals surface area contributed by atoms with Crippen LogP contribution in [0.5, 0.6) is 0 Å². The first-order chi connectivity index (χ1) is 14.7. The predicted octanol–water partition coefficient (Wildman–Crippen LogP) is 5.44. The van der Waals surface area contributed by atoms with E-state index in [4.69, 9.17) is 0 Å². The quantitative estimate of drug-likeness (QED) is 0.427. The molecule has 0 saturated heterocycles. The number of rotatable bonds is 4. The highest BCUT2D eigenvalue weighted by Gasteiger charge is 2.13. The largest absolute Gasteiger partial charge is 0.326 e. The van der Waals surface area contributed by atoms with E-state index in [-0.39, 0.29) is 5.56 Å². The summed E-state index contributed by atoms with van der Waals surface area (Å²) < 4.78 is 0. The number of benzene rings is 3. The Labute approximate surface area is 173 Å². The molecule has 0 fully saturated rings. The molecule has 2 aromatic heterocycles. The third kappa shape index (κ3) is 3.20. The van der Waals surface area contributed by atoms with E-state index in [1.807, 2.05) is 42.5 Å². The topological polar surface area (TPSA) is 70.7 Å². The van der Waals surface area contributed by atoms with Crippen molar-refractivity contribution in [1.29, 1.82) is 0 Å². The van der Waals surface area contributed by atoms with Crippen LogP contribution in [0, 0.1) is 0 Å². The minimum Gasteiger partial charge on any atom is -0.326 e. The maximum absolute atomic E-state index is 13.0. The lowest BCUT2D eigenvalue weighted by Gasteiger charge is -2.11. The number of pyridine rings is 1. The van der Waals surface area contributed by atoms with Crippen molar-refractivity contribution in [3.63, 3.8) is 0 Å². The van der Waals surface area contributed by atoms with E-state index in [2.05, 4.69) is 57.5 Å². The molecule has 0 bridgehead atoms. The van der Waals surface area contributed by atoms with Crippen molar-refractivity contribution in [2.24, 2.45) is 0 Å². The second kappa shape index (κ2) is 7.44. The monoisotopic (exact) mass is 392 g/mol. The van der Waals surface area contributed by atoms with E-state index < -0.39 is 0 Å². The zero-order valence-electron chi connectivity index (χ0n) is 16.5. The molecule has 0 spiro atoms. The number of aromatic nitrogens is 3. The van der Waals surface area contributed by atoms with Gasteiger partial charge in [0.1, 0.15) is 0 Å². The first-order valence-electron chi connectivity index (χ1n) is 9.96. The molecule has 0 aliphatic heterocycles. The van der Waals surface area contributed by atoms with Crippen LogP contribution in [0.3, 0.4) is 0 Å². The van der Waals surface area contributed by atoms with E-state index in [9.17, 15) is 4.79 Å². The summed E-state index contributed by atoms with van der Waals surface area (Å²) in [6, 6.07) is 24.2. The van der Waals surface area contributed by atoms with Crippen LogP contribution >= 0.6 is 0 Å². The molecule has 5 aromatic rings. The van der Waals surface area contributed by atoms with Gasteiger partial charge in [-0.15, -0.1) is 0 Å². The standard InChI is InChI=1S/C25H20N4O/c1-2-16-10-12-18(13-11-16)27-25-28-23-22(24(30)29-25)21(14-15-26-23)20-9-5-7-17-6-3-4-8-19(17)20/h3-15H,2H2,1H3,(H2,26,27,28,29,30). The molecule has 2 N–H and O–H groups in total. The number of H-pyrrole nitrogens is 1. The van der Waals surface area contributed by atoms with Crippen molar-refractivity contribution >= 4 is 33.4 Å². The highest BCUT2D eigenvalue weighted by atomic mass is 16.1. The summed E-state index contributed by atoms with van der Waals surface area (Å²) in [6.07, 6.45) is 2.68. The highest BCUT2D eigenvalue weighted by Crippen LogP contribution is 2.31. The first kappa shape index (κ1) is 18.1. The predicted molar refractivity (Wildman–Crippen MR) is 122 cm³/mol. The lowest BCUT2D eigenvalue weighted by atomic mass is 9.97. The van der Waals surface area contributed by atoms with Crippen LogP contribution in [0.15, 0.2) is 83.8 Å². The number of nitrogens with one attached hydrogen (secondary N) is 2. The molecule has 0 atom stereocenters. The van der Waals surface area contributed by atoms with Crippen molar-refractivity contribution in [2.75, 3.05) is 5.32 Å². The van der Waals surface area contributed by atoms with Gasteiger partial charge in [0.25, 0.3) is 5.56 Å². The molecule has 0 saturated carbocycles. The van der Waals surface area contributed by atoms with Crippen molar-refractivity contribution in [1.82, 2.24) is 15.0 Å². The number of aryl methyl sites for hydroxylation is 1. The van der Waals surface area contributed by atoms with Crippen molar-refractivity contribution in [2.45, 2.75) is 13.3 Å². The fraction of sp³-hybridized carbons (Fsp3) is 0.0800. The zero-order valence-corrected chi connectivity index (χ0v) is 16.5. The molecule has 5 heteroatoms. The van der Waals surface area contributed by atoms with Crippen LogP contribution in [0.25, 0.3) is 32.9 Å². The second-order valence-corrected chi connectivity index (χ2v) is 7.17. The van der Waals surface area contributed by atoms with Gasteiger partial charge < -0.3 is 5.32 Å². The maximum atomic E-state index is 13.0. The number of nitrogens with zero attached hydrogens (tertiary/aromatic N) is 2. The van der Waals surface area contributed by atoms with Gasteiger partial charge in [0.05, 0.1) is 5.39 Å². The molecule has 30 heavy (non-hydrogen) atoms. The van der Waals surface area contributed by atoms with E-state index >= 15 is 0 Å². The van der Waals surface area contributed by atoms with Crippen LogP contribution < -0.4 is 10.9 Å². The fourth-order valence-electron chi connectivity index (χ4n) is 3.77. The normalized spacial score (nSPS) is 11.1. The molecular weight excluding hydrogens is 372 g/mol. The second-order valence-electron chi connectivity index (χ2n) is 7.17. The van der Waals surface area contributed by atoms with E-state index in [1.54, 1.807) is 6.20 Å². The Kier molecular flexibility index (Phi) is 4.48. The summed E-state index contributed by atoms with van der Waals surface area (Å²) in [7, 11) is 0. The van der Waals surface area contributed by atoms with Gasteiger partial charge in [0.2, 0.25) is 5.95 Å². The molecule has 0 aliphatic carbocycles. The van der Waals surface area contributed by atoms with Gasteiger partial charge in [-0.05, 0) is 46.5 Å². The smallest absolute Gasteiger partial charge is 0.262 e. The molecule has 0 radical (unpaired) electrons. The van der Waals surface area contributed by atoms with Crippen LogP contribution in [0.1, 0.15) is 12.5 Å². The number of aromatic amines is 1. The first-order valence-corrected chi connectivity index (χ1v) is 9.96. The molecule has 0 aliphatic rings. The van der Waals surface area contributed by atoms with Gasteiger partial charge >= 0.3 is 0 Å². The lowest BCUT2D eigenvalue weighted by Crippen LogP contribution is -2.13. The Bertz CT molecular complexity index is 1420. The van der Waals surface area contributed by atoms with E-state index in [0.29, 0.717) is 17.0 Å². The van der Waals surface area contributed by atoms with Crippen LogP contribution in [0.4, 0.5) is 11.6 Å². The Balaban J connectivity index is 1.63. The van der Waals surface area contributed by atoms with E-state index in [1.165, 1.54) is 5.56 Å². The zero-order chi connectivity index (χ0) is 20.5. The van der Waals surface area contributed by atoms with Gasteiger partial charge in [0, 0.05) is 17.4 Å². The fourth-order valence-corrected chi connectivity index (χ4v) is 3.77. The molecule has 3 aromatic carbocycles. The van der Waals surface area contributed by atoms with E-state index in [0.717, 1.165) is 34.0 Å². The highest BCUT2D eigenvalue weighted by molar-refractivity contribution is 6.03. The Morgan fingerprint density at radius 3 is 2.53 bits per heavy atom. The van der Waals surface area contributed by atoms with Crippen molar-refractivity contribution in [3.05, 3.63) is 94.9 Å². The molecule has 0 amide bonds. The summed E-state index contributed by atoms with van der Waals surface area (Å²) in [6.45, 7) is 2.12. The average molecular weight is 392 g/mol. The molecule has 5 nitrogen and oxygen atoms in total. The molecule has 0 unspecified atom stereocenters. The molecule has 5 rings (SSSR count). The van der Waals surface area contributed by atoms with Gasteiger partial charge in [0.15, 0.2) is 5.65 Å². The SMILES string of the molecule is CCc1ccc(Nc2nc3nccc(-c4cccc5ccccc45)c3c(=O)[nH]2)cc1. The Hall–Kier alpha value is -3.99. The molecule has 2 heterocycles. The lowest BCUT2D eigenvalue weighted by molar-refractivity contribution is 1.13. The number of hydrogen-bond donors (Lipinski definition) is 2. The number of hydrogen-bond acceptors (Lipinski definition) is 4. The number of fused-ring (bicyclic) bond motifs is 2. The van der Waals surface area contributed by atoms with Gasteiger partial charge in [-0.2, -0.15) is 4.98 Å². The van der Waals surface area contributed by atoms with Crippen LogP contribution in [-0.2, 0) is 6.42 Å². The minimum atomic E-state index is -0.219. The van der Waals surface area contributed by atoms with Crippen molar-refractivity contribution in [3.8, 4) is 11.1 Å². The van der Waals surface area contributed by atoms with Crippen LogP contribution in [-0.4, -0.2) is 15.0 Å². The molecule has 146 valence electrons. The number of anilines is 2. The minimum absolute atomic E-state index is 0.219.